The van der Waals surface area contributed by atoms with Gasteiger partial charge in [0.2, 0.25) is 5.91 Å². The lowest BCUT2D eigenvalue weighted by Gasteiger charge is -2.26. The van der Waals surface area contributed by atoms with Gasteiger partial charge in [-0.05, 0) is 35.4 Å². The van der Waals surface area contributed by atoms with Crippen molar-refractivity contribution in [3.05, 3.63) is 81.8 Å². The van der Waals surface area contributed by atoms with E-state index in [-0.39, 0.29) is 17.9 Å². The Morgan fingerprint density at radius 1 is 1.14 bits per heavy atom. The molecular formula is C18H17BrClNO. The number of halogens is 2. The number of hydrogen-bond acceptors (Lipinski definition) is 1. The van der Waals surface area contributed by atoms with Gasteiger partial charge in [-0.2, -0.15) is 0 Å². The lowest BCUT2D eigenvalue weighted by molar-refractivity contribution is -0.119. The number of amides is 1. The Balaban J connectivity index is 2.41. The minimum atomic E-state index is -0.187. The first-order valence-electron chi connectivity index (χ1n) is 6.92. The molecule has 2 aromatic rings. The molecule has 1 amide bonds. The average Bonchev–Trinajstić information content (AvgIpc) is 2.49. The van der Waals surface area contributed by atoms with Gasteiger partial charge in [0.1, 0.15) is 0 Å². The van der Waals surface area contributed by atoms with Crippen molar-refractivity contribution in [2.24, 2.45) is 0 Å². The number of rotatable bonds is 5. The predicted octanol–water partition coefficient (Wildman–Crippen LogP) is 5.25. The fraction of sp³-hybridized carbons (Fsp3) is 0.167. The molecule has 2 aromatic carbocycles. The molecule has 0 aromatic heterocycles. The highest BCUT2D eigenvalue weighted by Crippen LogP contribution is 2.33. The van der Waals surface area contributed by atoms with Crippen LogP contribution in [0.2, 0.25) is 5.02 Å². The van der Waals surface area contributed by atoms with Gasteiger partial charge in [-0.3, -0.25) is 4.79 Å². The molecule has 22 heavy (non-hydrogen) atoms. The minimum Gasteiger partial charge on any atom is -0.349 e. The van der Waals surface area contributed by atoms with Crippen LogP contribution in [-0.2, 0) is 4.79 Å². The van der Waals surface area contributed by atoms with Crippen molar-refractivity contribution in [2.45, 2.75) is 18.9 Å². The lowest BCUT2D eigenvalue weighted by Crippen LogP contribution is -2.30. The molecule has 0 spiro atoms. The Morgan fingerprint density at radius 2 is 1.68 bits per heavy atom. The molecule has 0 aliphatic rings. The summed E-state index contributed by atoms with van der Waals surface area (Å²) < 4.78 is 1.02. The maximum atomic E-state index is 11.6. The van der Waals surface area contributed by atoms with E-state index in [0.29, 0.717) is 5.02 Å². The van der Waals surface area contributed by atoms with Gasteiger partial charge in [0, 0.05) is 22.3 Å². The van der Waals surface area contributed by atoms with Gasteiger partial charge in [-0.1, -0.05) is 57.9 Å². The molecule has 0 fully saturated rings. The van der Waals surface area contributed by atoms with Gasteiger partial charge < -0.3 is 5.32 Å². The third-order valence-electron chi connectivity index (χ3n) is 3.46. The van der Waals surface area contributed by atoms with E-state index in [1.807, 2.05) is 54.6 Å². The molecule has 0 bridgehead atoms. The second kappa shape index (κ2) is 7.61. The SMILES string of the molecule is C=C[C@H](c1ccc(Br)cc1)[C@@H](NC(C)=O)c1ccc(Cl)cc1. The molecule has 4 heteroatoms. The van der Waals surface area contributed by atoms with Crippen molar-refractivity contribution in [2.75, 3.05) is 0 Å². The molecule has 2 atom stereocenters. The first-order chi connectivity index (χ1) is 10.5. The summed E-state index contributed by atoms with van der Waals surface area (Å²) in [5.41, 5.74) is 2.08. The number of carbonyl (C=O) groups excluding carboxylic acids is 1. The maximum absolute atomic E-state index is 11.6. The standard InChI is InChI=1S/C18H17BrClNO/c1-3-17(13-4-8-15(19)9-5-13)18(21-12(2)22)14-6-10-16(20)11-7-14/h3-11,17-18H,1H2,2H3,(H,21,22)/t17-,18+/m1/s1. The second-order valence-electron chi connectivity index (χ2n) is 5.04. The number of benzene rings is 2. The zero-order chi connectivity index (χ0) is 16.1. The Hall–Kier alpha value is -1.58. The van der Waals surface area contributed by atoms with E-state index < -0.39 is 0 Å². The molecule has 0 saturated heterocycles. The molecule has 0 aliphatic carbocycles. The lowest BCUT2D eigenvalue weighted by atomic mass is 9.87. The molecule has 2 rings (SSSR count). The molecular weight excluding hydrogens is 362 g/mol. The van der Waals surface area contributed by atoms with Crippen molar-refractivity contribution in [1.82, 2.24) is 5.32 Å². The van der Waals surface area contributed by atoms with Crippen LogP contribution in [0.15, 0.2) is 65.7 Å². The highest BCUT2D eigenvalue weighted by Gasteiger charge is 2.23. The van der Waals surface area contributed by atoms with E-state index in [4.69, 9.17) is 11.6 Å². The Kier molecular flexibility index (Phi) is 5.81. The maximum Gasteiger partial charge on any atom is 0.217 e. The summed E-state index contributed by atoms with van der Waals surface area (Å²) in [5.74, 6) is -0.109. The largest absolute Gasteiger partial charge is 0.349 e. The van der Waals surface area contributed by atoms with Crippen molar-refractivity contribution in [1.29, 1.82) is 0 Å². The molecule has 0 radical (unpaired) electrons. The van der Waals surface area contributed by atoms with Crippen LogP contribution >= 0.6 is 27.5 Å². The van der Waals surface area contributed by atoms with Crippen molar-refractivity contribution in [3.63, 3.8) is 0 Å². The van der Waals surface area contributed by atoms with E-state index in [2.05, 4.69) is 27.8 Å². The van der Waals surface area contributed by atoms with E-state index in [1.54, 1.807) is 0 Å². The third-order valence-corrected chi connectivity index (χ3v) is 4.24. The Labute approximate surface area is 144 Å². The zero-order valence-corrected chi connectivity index (χ0v) is 14.6. The van der Waals surface area contributed by atoms with Crippen LogP contribution in [-0.4, -0.2) is 5.91 Å². The highest BCUT2D eigenvalue weighted by molar-refractivity contribution is 9.10. The molecule has 2 nitrogen and oxygen atoms in total. The van der Waals surface area contributed by atoms with Gasteiger partial charge in [0.15, 0.2) is 0 Å². The van der Waals surface area contributed by atoms with Gasteiger partial charge >= 0.3 is 0 Å². The van der Waals surface area contributed by atoms with Crippen molar-refractivity contribution < 1.29 is 4.79 Å². The van der Waals surface area contributed by atoms with Gasteiger partial charge in [0.05, 0.1) is 6.04 Å². The quantitative estimate of drug-likeness (QED) is 0.707. The normalized spacial score (nSPS) is 13.2. The van der Waals surface area contributed by atoms with Gasteiger partial charge in [-0.15, -0.1) is 6.58 Å². The smallest absolute Gasteiger partial charge is 0.217 e. The zero-order valence-electron chi connectivity index (χ0n) is 12.2. The van der Waals surface area contributed by atoms with E-state index in [0.717, 1.165) is 15.6 Å². The van der Waals surface area contributed by atoms with Crippen LogP contribution in [0.5, 0.6) is 0 Å². The van der Waals surface area contributed by atoms with E-state index in [9.17, 15) is 4.79 Å². The van der Waals surface area contributed by atoms with Gasteiger partial charge in [-0.25, -0.2) is 0 Å². The van der Waals surface area contributed by atoms with Crippen LogP contribution in [0.25, 0.3) is 0 Å². The fourth-order valence-corrected chi connectivity index (χ4v) is 2.81. The third kappa shape index (κ3) is 4.21. The predicted molar refractivity (Wildman–Crippen MR) is 95.1 cm³/mol. The van der Waals surface area contributed by atoms with E-state index >= 15 is 0 Å². The minimum absolute atomic E-state index is 0.0295. The Bertz CT molecular complexity index is 652. The molecule has 0 aliphatic heterocycles. The monoisotopic (exact) mass is 377 g/mol. The van der Waals surface area contributed by atoms with Gasteiger partial charge in [0.25, 0.3) is 0 Å². The summed E-state index contributed by atoms with van der Waals surface area (Å²) in [5, 5.41) is 3.69. The number of hydrogen-bond donors (Lipinski definition) is 1. The average molecular weight is 379 g/mol. The second-order valence-corrected chi connectivity index (χ2v) is 6.39. The van der Waals surface area contributed by atoms with Crippen molar-refractivity contribution in [3.8, 4) is 0 Å². The summed E-state index contributed by atoms with van der Waals surface area (Å²) in [7, 11) is 0. The summed E-state index contributed by atoms with van der Waals surface area (Å²) in [4.78, 5) is 11.6. The molecule has 114 valence electrons. The first kappa shape index (κ1) is 16.8. The number of nitrogens with one attached hydrogen (secondary N) is 1. The summed E-state index contributed by atoms with van der Waals surface area (Å²) in [6, 6.07) is 15.4. The molecule has 0 saturated carbocycles. The molecule has 0 heterocycles. The van der Waals surface area contributed by atoms with Crippen LogP contribution in [0.1, 0.15) is 30.0 Å². The summed E-state index contributed by atoms with van der Waals surface area (Å²) >= 11 is 9.39. The number of carbonyl (C=O) groups is 1. The van der Waals surface area contributed by atoms with E-state index in [1.165, 1.54) is 6.92 Å². The molecule has 0 unspecified atom stereocenters. The van der Waals surface area contributed by atoms with Crippen LogP contribution < -0.4 is 5.32 Å². The summed E-state index contributed by atoms with van der Waals surface area (Å²) in [6.45, 7) is 5.46. The van der Waals surface area contributed by atoms with Crippen LogP contribution in [0.4, 0.5) is 0 Å². The first-order valence-corrected chi connectivity index (χ1v) is 8.09. The van der Waals surface area contributed by atoms with Crippen LogP contribution in [0.3, 0.4) is 0 Å². The summed E-state index contributed by atoms with van der Waals surface area (Å²) in [6.07, 6.45) is 1.86. The fourth-order valence-electron chi connectivity index (χ4n) is 2.42. The van der Waals surface area contributed by atoms with Crippen molar-refractivity contribution >= 4 is 33.4 Å². The van der Waals surface area contributed by atoms with Crippen LogP contribution in [0, 0.1) is 0 Å². The Morgan fingerprint density at radius 3 is 2.18 bits per heavy atom. The topological polar surface area (TPSA) is 29.1 Å². The molecule has 1 N–H and O–H groups in total. The highest BCUT2D eigenvalue weighted by atomic mass is 79.9.